The van der Waals surface area contributed by atoms with Crippen LogP contribution in [0.1, 0.15) is 18.2 Å². The monoisotopic (exact) mass is 119 g/mol. The summed E-state index contributed by atoms with van der Waals surface area (Å²) in [6, 6.07) is 2.78. The summed E-state index contributed by atoms with van der Waals surface area (Å²) in [5, 5.41) is 4.11. The molecule has 0 bridgehead atoms. The first-order chi connectivity index (χ1) is 4.45. The molecule has 0 aromatic carbocycles. The molecule has 1 saturated carbocycles. The first kappa shape index (κ1) is 4.09. The van der Waals surface area contributed by atoms with E-state index in [1.54, 1.807) is 0 Å². The van der Waals surface area contributed by atoms with Crippen LogP contribution in [0.25, 0.3) is 0 Å². The van der Waals surface area contributed by atoms with E-state index in [0.29, 0.717) is 0 Å². The van der Waals surface area contributed by atoms with Gasteiger partial charge in [0.25, 0.3) is 0 Å². The standard InChI is InChI=1S/C7H7N2/c1-2-8-9-6(1)3-5-4-7(5)9/h1,5,7H,3-4H2. The van der Waals surface area contributed by atoms with Crippen LogP contribution < -0.4 is 0 Å². The summed E-state index contributed by atoms with van der Waals surface area (Å²) in [4.78, 5) is 0. The second-order valence-electron chi connectivity index (χ2n) is 2.98. The number of hydrogen-bond donors (Lipinski definition) is 0. The number of rotatable bonds is 0. The Balaban J connectivity index is 2.25. The Bertz CT molecular complexity index is 251. The highest BCUT2D eigenvalue weighted by Crippen LogP contribution is 2.50. The molecule has 1 aromatic rings. The molecule has 0 amide bonds. The lowest BCUT2D eigenvalue weighted by Gasteiger charge is -1.94. The van der Waals surface area contributed by atoms with Gasteiger partial charge >= 0.3 is 0 Å². The molecule has 1 fully saturated rings. The molecule has 1 aliphatic heterocycles. The van der Waals surface area contributed by atoms with Crippen LogP contribution in [0.3, 0.4) is 0 Å². The van der Waals surface area contributed by atoms with E-state index < -0.39 is 0 Å². The third kappa shape index (κ3) is 0.363. The lowest BCUT2D eigenvalue weighted by Crippen LogP contribution is -1.94. The summed E-state index contributed by atoms with van der Waals surface area (Å²) < 4.78 is 2.13. The maximum Gasteiger partial charge on any atom is 0.113 e. The minimum absolute atomic E-state index is 0.770. The van der Waals surface area contributed by atoms with Crippen LogP contribution in [0.4, 0.5) is 0 Å². The Hall–Kier alpha value is -0.790. The molecular weight excluding hydrogens is 112 g/mol. The van der Waals surface area contributed by atoms with Gasteiger partial charge in [0.1, 0.15) is 6.20 Å². The van der Waals surface area contributed by atoms with Crippen LogP contribution in [-0.2, 0) is 6.42 Å². The van der Waals surface area contributed by atoms with Crippen LogP contribution in [0.5, 0.6) is 0 Å². The molecule has 45 valence electrons. The summed E-state index contributed by atoms with van der Waals surface area (Å²) in [5.74, 6) is 0.946. The molecule has 2 unspecified atom stereocenters. The largest absolute Gasteiger partial charge is 0.266 e. The van der Waals surface area contributed by atoms with E-state index in [4.69, 9.17) is 0 Å². The van der Waals surface area contributed by atoms with E-state index in [-0.39, 0.29) is 0 Å². The van der Waals surface area contributed by atoms with Gasteiger partial charge in [-0.3, -0.25) is 4.68 Å². The van der Waals surface area contributed by atoms with Crippen molar-refractivity contribution in [3.8, 4) is 0 Å². The molecule has 9 heavy (non-hydrogen) atoms. The van der Waals surface area contributed by atoms with Crippen LogP contribution in [0.15, 0.2) is 6.07 Å². The van der Waals surface area contributed by atoms with Gasteiger partial charge in [0, 0.05) is 5.69 Å². The van der Waals surface area contributed by atoms with E-state index in [2.05, 4.69) is 16.0 Å². The molecule has 2 atom stereocenters. The average molecular weight is 119 g/mol. The Kier molecular flexibility index (Phi) is 0.481. The van der Waals surface area contributed by atoms with Crippen molar-refractivity contribution in [3.05, 3.63) is 18.0 Å². The number of aromatic nitrogens is 2. The minimum Gasteiger partial charge on any atom is -0.266 e. The van der Waals surface area contributed by atoms with Gasteiger partial charge in [-0.15, -0.1) is 0 Å². The average Bonchev–Trinajstić information content (AvgIpc) is 2.38. The normalized spacial score (nSPS) is 36.0. The SMILES string of the molecule is [c]1cc2n(n1)C1CC1C2. The molecule has 1 aliphatic carbocycles. The quantitative estimate of drug-likeness (QED) is 0.494. The Morgan fingerprint density at radius 1 is 1.78 bits per heavy atom. The van der Waals surface area contributed by atoms with E-state index in [0.717, 1.165) is 12.0 Å². The molecule has 2 nitrogen and oxygen atoms in total. The second kappa shape index (κ2) is 1.06. The fraction of sp³-hybridized carbons (Fsp3) is 0.571. The fourth-order valence-corrected chi connectivity index (χ4v) is 1.75. The molecule has 0 saturated heterocycles. The predicted molar refractivity (Wildman–Crippen MR) is 31.9 cm³/mol. The van der Waals surface area contributed by atoms with Crippen LogP contribution in [0.2, 0.25) is 0 Å². The highest BCUT2D eigenvalue weighted by molar-refractivity contribution is 5.15. The minimum atomic E-state index is 0.770. The molecule has 0 N–H and O–H groups in total. The summed E-state index contributed by atoms with van der Waals surface area (Å²) in [6.07, 6.45) is 5.48. The van der Waals surface area contributed by atoms with E-state index >= 15 is 0 Å². The van der Waals surface area contributed by atoms with Crippen molar-refractivity contribution in [2.24, 2.45) is 5.92 Å². The Morgan fingerprint density at radius 3 is 3.67 bits per heavy atom. The van der Waals surface area contributed by atoms with E-state index in [1.165, 1.54) is 18.5 Å². The fourth-order valence-electron chi connectivity index (χ4n) is 1.75. The molecule has 2 heterocycles. The summed E-state index contributed by atoms with van der Waals surface area (Å²) in [6.45, 7) is 0. The molecular formula is C7H7N2. The third-order valence-corrected chi connectivity index (χ3v) is 2.36. The molecule has 0 spiro atoms. The summed E-state index contributed by atoms with van der Waals surface area (Å²) in [5.41, 5.74) is 1.39. The first-order valence-corrected chi connectivity index (χ1v) is 3.39. The smallest absolute Gasteiger partial charge is 0.113 e. The summed E-state index contributed by atoms with van der Waals surface area (Å²) >= 11 is 0. The van der Waals surface area contributed by atoms with E-state index in [1.807, 2.05) is 6.07 Å². The van der Waals surface area contributed by atoms with Gasteiger partial charge in [-0.05, 0) is 24.8 Å². The van der Waals surface area contributed by atoms with Crippen LogP contribution in [0, 0.1) is 12.1 Å². The van der Waals surface area contributed by atoms with Gasteiger partial charge in [-0.25, -0.2) is 0 Å². The highest BCUT2D eigenvalue weighted by atomic mass is 15.3. The van der Waals surface area contributed by atoms with Crippen molar-refractivity contribution < 1.29 is 0 Å². The predicted octanol–water partition coefficient (Wildman–Crippen LogP) is 0.800. The number of hydrogen-bond acceptors (Lipinski definition) is 1. The maximum absolute atomic E-state index is 4.11. The second-order valence-corrected chi connectivity index (χ2v) is 2.98. The van der Waals surface area contributed by atoms with Crippen molar-refractivity contribution in [2.75, 3.05) is 0 Å². The molecule has 2 heteroatoms. The topological polar surface area (TPSA) is 17.8 Å². The lowest BCUT2D eigenvalue weighted by molar-refractivity contribution is 0.644. The van der Waals surface area contributed by atoms with Gasteiger partial charge in [-0.2, -0.15) is 5.10 Å². The van der Waals surface area contributed by atoms with Gasteiger partial charge < -0.3 is 0 Å². The first-order valence-electron chi connectivity index (χ1n) is 3.39. The highest BCUT2D eigenvalue weighted by Gasteiger charge is 2.45. The third-order valence-electron chi connectivity index (χ3n) is 2.36. The lowest BCUT2D eigenvalue weighted by atomic mass is 10.2. The summed E-state index contributed by atoms with van der Waals surface area (Å²) in [7, 11) is 0. The van der Waals surface area contributed by atoms with Gasteiger partial charge in [0.2, 0.25) is 0 Å². The zero-order valence-corrected chi connectivity index (χ0v) is 5.04. The van der Waals surface area contributed by atoms with E-state index in [9.17, 15) is 0 Å². The van der Waals surface area contributed by atoms with Crippen molar-refractivity contribution >= 4 is 0 Å². The van der Waals surface area contributed by atoms with Gasteiger partial charge in [0.05, 0.1) is 6.04 Å². The maximum atomic E-state index is 4.11. The van der Waals surface area contributed by atoms with Crippen molar-refractivity contribution in [1.82, 2.24) is 9.78 Å². The number of nitrogens with zero attached hydrogens (tertiary/aromatic N) is 2. The van der Waals surface area contributed by atoms with Gasteiger partial charge in [0.15, 0.2) is 0 Å². The zero-order chi connectivity index (χ0) is 5.84. The molecule has 1 radical (unpaired) electrons. The van der Waals surface area contributed by atoms with Gasteiger partial charge in [-0.1, -0.05) is 0 Å². The van der Waals surface area contributed by atoms with Crippen LogP contribution in [-0.4, -0.2) is 9.78 Å². The van der Waals surface area contributed by atoms with Crippen molar-refractivity contribution in [1.29, 1.82) is 0 Å². The van der Waals surface area contributed by atoms with Crippen molar-refractivity contribution in [3.63, 3.8) is 0 Å². The molecule has 3 rings (SSSR count). The Labute approximate surface area is 53.5 Å². The Morgan fingerprint density at radius 2 is 2.78 bits per heavy atom. The van der Waals surface area contributed by atoms with Crippen molar-refractivity contribution in [2.45, 2.75) is 18.9 Å². The van der Waals surface area contributed by atoms with Crippen LogP contribution >= 0.6 is 0 Å². The zero-order valence-electron chi connectivity index (χ0n) is 5.04. The molecule has 1 aromatic heterocycles. The number of fused-ring (bicyclic) bond motifs is 3. The molecule has 2 aliphatic rings.